The molecule has 4 nitrogen and oxygen atoms in total. The zero-order valence-corrected chi connectivity index (χ0v) is 14.6. The fourth-order valence-corrected chi connectivity index (χ4v) is 3.22. The smallest absolute Gasteiger partial charge is 0.256 e. The SMILES string of the molecule is CCc1cnc2ccc(-c3c(-c4ccc(F)cc4)ncn3CC(F)F)cn12. The second-order valence-electron chi connectivity index (χ2n) is 6.24. The van der Waals surface area contributed by atoms with E-state index in [0.29, 0.717) is 17.0 Å². The number of aryl methyl sites for hydroxylation is 1. The van der Waals surface area contributed by atoms with E-state index in [1.54, 1.807) is 18.3 Å². The Labute approximate surface area is 153 Å². The molecule has 0 aliphatic heterocycles. The highest BCUT2D eigenvalue weighted by Gasteiger charge is 2.18. The number of hydrogen-bond acceptors (Lipinski definition) is 2. The van der Waals surface area contributed by atoms with Crippen LogP contribution in [0.5, 0.6) is 0 Å². The van der Waals surface area contributed by atoms with Crippen molar-refractivity contribution in [2.45, 2.75) is 26.3 Å². The number of alkyl halides is 2. The van der Waals surface area contributed by atoms with Crippen molar-refractivity contribution in [2.75, 3.05) is 0 Å². The molecule has 7 heteroatoms. The Bertz CT molecular complexity index is 1080. The van der Waals surface area contributed by atoms with Crippen molar-refractivity contribution in [3.05, 3.63) is 66.6 Å². The molecule has 0 saturated heterocycles. The first kappa shape index (κ1) is 17.3. The molecule has 4 rings (SSSR count). The van der Waals surface area contributed by atoms with Crippen molar-refractivity contribution in [3.63, 3.8) is 0 Å². The minimum Gasteiger partial charge on any atom is -0.324 e. The molecule has 0 unspecified atom stereocenters. The standard InChI is InChI=1S/C20H17F3N4/c1-2-16-9-24-18-8-5-14(10-27(16)18)20-19(13-3-6-15(21)7-4-13)25-12-26(20)11-17(22)23/h3-10,12,17H,2,11H2,1H3. The average Bonchev–Trinajstić information content (AvgIpc) is 3.25. The van der Waals surface area contributed by atoms with Crippen molar-refractivity contribution < 1.29 is 13.2 Å². The summed E-state index contributed by atoms with van der Waals surface area (Å²) in [6.07, 6.45) is 3.37. The summed E-state index contributed by atoms with van der Waals surface area (Å²) in [6.45, 7) is 1.56. The molecule has 138 valence electrons. The maximum absolute atomic E-state index is 13.3. The van der Waals surface area contributed by atoms with Crippen molar-refractivity contribution >= 4 is 5.65 Å². The van der Waals surface area contributed by atoms with Crippen LogP contribution in [-0.4, -0.2) is 25.4 Å². The molecule has 0 radical (unpaired) electrons. The summed E-state index contributed by atoms with van der Waals surface area (Å²) in [5.74, 6) is -0.361. The molecule has 27 heavy (non-hydrogen) atoms. The molecule has 0 fully saturated rings. The van der Waals surface area contributed by atoms with Gasteiger partial charge in [0, 0.05) is 29.2 Å². The Balaban J connectivity index is 1.91. The number of hydrogen-bond donors (Lipinski definition) is 0. The van der Waals surface area contributed by atoms with E-state index in [0.717, 1.165) is 23.3 Å². The molecule has 0 N–H and O–H groups in total. The number of fused-ring (bicyclic) bond motifs is 1. The van der Waals surface area contributed by atoms with E-state index in [9.17, 15) is 13.2 Å². The first-order valence-electron chi connectivity index (χ1n) is 8.62. The van der Waals surface area contributed by atoms with E-state index in [4.69, 9.17) is 0 Å². The average molecular weight is 370 g/mol. The fourth-order valence-electron chi connectivity index (χ4n) is 3.22. The number of halogens is 3. The lowest BCUT2D eigenvalue weighted by Gasteiger charge is -2.11. The molecule has 0 saturated carbocycles. The molecule has 4 aromatic rings. The number of nitrogens with zero attached hydrogens (tertiary/aromatic N) is 4. The molecule has 1 aromatic carbocycles. The molecular formula is C20H17F3N4. The molecule has 3 heterocycles. The van der Waals surface area contributed by atoms with E-state index in [1.165, 1.54) is 23.0 Å². The second-order valence-corrected chi connectivity index (χ2v) is 6.24. The van der Waals surface area contributed by atoms with Crippen LogP contribution >= 0.6 is 0 Å². The van der Waals surface area contributed by atoms with Gasteiger partial charge in [-0.25, -0.2) is 23.1 Å². The highest BCUT2D eigenvalue weighted by atomic mass is 19.3. The van der Waals surface area contributed by atoms with Gasteiger partial charge in [-0.1, -0.05) is 6.92 Å². The number of pyridine rings is 1. The minimum atomic E-state index is -2.51. The van der Waals surface area contributed by atoms with Crippen LogP contribution in [0.15, 0.2) is 55.1 Å². The van der Waals surface area contributed by atoms with Crippen LogP contribution in [0.2, 0.25) is 0 Å². The van der Waals surface area contributed by atoms with Crippen LogP contribution in [0.3, 0.4) is 0 Å². The highest BCUT2D eigenvalue weighted by Crippen LogP contribution is 2.32. The van der Waals surface area contributed by atoms with Gasteiger partial charge in [0.05, 0.1) is 24.3 Å². The third-order valence-electron chi connectivity index (χ3n) is 4.51. The lowest BCUT2D eigenvalue weighted by Crippen LogP contribution is -2.07. The van der Waals surface area contributed by atoms with E-state index in [-0.39, 0.29) is 5.82 Å². The molecule has 0 spiro atoms. The summed E-state index contributed by atoms with van der Waals surface area (Å²) in [4.78, 5) is 8.69. The van der Waals surface area contributed by atoms with Gasteiger partial charge in [-0.3, -0.25) is 0 Å². The van der Waals surface area contributed by atoms with Gasteiger partial charge in [0.2, 0.25) is 0 Å². The molecule has 0 atom stereocenters. The normalized spacial score (nSPS) is 11.6. The quantitative estimate of drug-likeness (QED) is 0.504. The molecular weight excluding hydrogens is 353 g/mol. The molecule has 0 bridgehead atoms. The monoisotopic (exact) mass is 370 g/mol. The van der Waals surface area contributed by atoms with Crippen molar-refractivity contribution in [2.24, 2.45) is 0 Å². The van der Waals surface area contributed by atoms with Gasteiger partial charge in [-0.2, -0.15) is 0 Å². The Morgan fingerprint density at radius 3 is 2.44 bits per heavy atom. The molecule has 3 aromatic heterocycles. The predicted molar refractivity (Wildman–Crippen MR) is 97.2 cm³/mol. The van der Waals surface area contributed by atoms with Gasteiger partial charge >= 0.3 is 0 Å². The Morgan fingerprint density at radius 2 is 1.74 bits per heavy atom. The third-order valence-corrected chi connectivity index (χ3v) is 4.51. The summed E-state index contributed by atoms with van der Waals surface area (Å²) in [6, 6.07) is 9.55. The Kier molecular flexibility index (Phi) is 4.43. The first-order chi connectivity index (χ1) is 13.1. The lowest BCUT2D eigenvalue weighted by atomic mass is 10.1. The molecule has 0 aliphatic rings. The van der Waals surface area contributed by atoms with Crippen LogP contribution in [0, 0.1) is 5.82 Å². The van der Waals surface area contributed by atoms with Gasteiger partial charge in [-0.05, 0) is 42.8 Å². The zero-order chi connectivity index (χ0) is 19.0. The van der Waals surface area contributed by atoms with E-state index >= 15 is 0 Å². The zero-order valence-electron chi connectivity index (χ0n) is 14.6. The van der Waals surface area contributed by atoms with Gasteiger partial charge < -0.3 is 8.97 Å². The van der Waals surface area contributed by atoms with Crippen LogP contribution < -0.4 is 0 Å². The van der Waals surface area contributed by atoms with Gasteiger partial charge in [0.15, 0.2) is 0 Å². The summed E-state index contributed by atoms with van der Waals surface area (Å²) < 4.78 is 42.9. The van der Waals surface area contributed by atoms with Gasteiger partial charge in [0.1, 0.15) is 11.5 Å². The molecule has 0 amide bonds. The van der Waals surface area contributed by atoms with Crippen LogP contribution in [0.1, 0.15) is 12.6 Å². The number of benzene rings is 1. The number of rotatable bonds is 5. The van der Waals surface area contributed by atoms with Gasteiger partial charge in [-0.15, -0.1) is 0 Å². The number of aromatic nitrogens is 4. The van der Waals surface area contributed by atoms with Crippen LogP contribution in [0.4, 0.5) is 13.2 Å². The van der Waals surface area contributed by atoms with E-state index in [2.05, 4.69) is 9.97 Å². The van der Waals surface area contributed by atoms with E-state index in [1.807, 2.05) is 29.7 Å². The summed E-state index contributed by atoms with van der Waals surface area (Å²) in [5.41, 5.74) is 4.33. The summed E-state index contributed by atoms with van der Waals surface area (Å²) >= 11 is 0. The maximum atomic E-state index is 13.3. The summed E-state index contributed by atoms with van der Waals surface area (Å²) in [5, 5.41) is 0. The Morgan fingerprint density at radius 1 is 1.00 bits per heavy atom. The highest BCUT2D eigenvalue weighted by molar-refractivity contribution is 5.79. The second kappa shape index (κ2) is 6.90. The van der Waals surface area contributed by atoms with Crippen molar-refractivity contribution in [1.29, 1.82) is 0 Å². The number of imidazole rings is 2. The maximum Gasteiger partial charge on any atom is 0.256 e. The summed E-state index contributed by atoms with van der Waals surface area (Å²) in [7, 11) is 0. The van der Waals surface area contributed by atoms with Crippen LogP contribution in [-0.2, 0) is 13.0 Å². The van der Waals surface area contributed by atoms with Crippen molar-refractivity contribution in [3.8, 4) is 22.5 Å². The third kappa shape index (κ3) is 3.20. The largest absolute Gasteiger partial charge is 0.324 e. The Hall–Kier alpha value is -3.09. The fraction of sp³-hybridized carbons (Fsp3) is 0.200. The first-order valence-corrected chi connectivity index (χ1v) is 8.62. The topological polar surface area (TPSA) is 35.1 Å². The van der Waals surface area contributed by atoms with Crippen molar-refractivity contribution in [1.82, 2.24) is 18.9 Å². The lowest BCUT2D eigenvalue weighted by molar-refractivity contribution is 0.127. The molecule has 0 aliphatic carbocycles. The minimum absolute atomic E-state index is 0.361. The van der Waals surface area contributed by atoms with Crippen LogP contribution in [0.25, 0.3) is 28.2 Å². The van der Waals surface area contributed by atoms with E-state index < -0.39 is 13.0 Å². The predicted octanol–water partition coefficient (Wildman–Crippen LogP) is 4.83. The van der Waals surface area contributed by atoms with Gasteiger partial charge in [0.25, 0.3) is 6.43 Å².